The zero-order valence-electron chi connectivity index (χ0n) is 11.1. The molecule has 6 heteroatoms. The summed E-state index contributed by atoms with van der Waals surface area (Å²) in [5, 5.41) is 28.8. The number of rotatable bonds is 2. The van der Waals surface area contributed by atoms with Gasteiger partial charge in [-0.25, -0.2) is 0 Å². The van der Waals surface area contributed by atoms with Crippen LogP contribution in [0.4, 0.5) is 0 Å². The lowest BCUT2D eigenvalue weighted by Gasteiger charge is -2.06. The fourth-order valence-electron chi connectivity index (χ4n) is 2.19. The Morgan fingerprint density at radius 2 is 1.73 bits per heavy atom. The van der Waals surface area contributed by atoms with Gasteiger partial charge in [-0.2, -0.15) is 0 Å². The lowest BCUT2D eigenvalue weighted by molar-refractivity contribution is 0.112. The lowest BCUT2D eigenvalue weighted by atomic mass is 10.1. The van der Waals surface area contributed by atoms with Crippen LogP contribution in [-0.4, -0.2) is 21.6 Å². The minimum Gasteiger partial charge on any atom is -0.508 e. The molecule has 0 radical (unpaired) electrons. The maximum absolute atomic E-state index is 12.1. The first-order chi connectivity index (χ1) is 10.5. The SMILES string of the molecule is O=Cc1ccc(-c2cc(=O)c3c(O)cc(O)cc3o2)cc1O. The molecule has 0 aliphatic rings. The number of hydrogen-bond donors (Lipinski definition) is 3. The summed E-state index contributed by atoms with van der Waals surface area (Å²) in [4.78, 5) is 22.8. The molecule has 6 nitrogen and oxygen atoms in total. The largest absolute Gasteiger partial charge is 0.508 e. The summed E-state index contributed by atoms with van der Waals surface area (Å²) in [7, 11) is 0. The Labute approximate surface area is 123 Å². The van der Waals surface area contributed by atoms with E-state index in [1.807, 2.05) is 0 Å². The van der Waals surface area contributed by atoms with Crippen LogP contribution in [0.1, 0.15) is 10.4 Å². The molecule has 3 rings (SSSR count). The van der Waals surface area contributed by atoms with Crippen molar-refractivity contribution in [2.45, 2.75) is 0 Å². The van der Waals surface area contributed by atoms with E-state index in [9.17, 15) is 24.9 Å². The van der Waals surface area contributed by atoms with Gasteiger partial charge in [-0.1, -0.05) is 6.07 Å². The smallest absolute Gasteiger partial charge is 0.197 e. The Morgan fingerprint density at radius 3 is 2.41 bits per heavy atom. The van der Waals surface area contributed by atoms with E-state index in [-0.39, 0.29) is 39.5 Å². The Bertz CT molecular complexity index is 955. The molecule has 22 heavy (non-hydrogen) atoms. The van der Waals surface area contributed by atoms with Crippen molar-refractivity contribution >= 4 is 17.3 Å². The van der Waals surface area contributed by atoms with Crippen LogP contribution in [0.3, 0.4) is 0 Å². The molecule has 0 amide bonds. The van der Waals surface area contributed by atoms with Crippen molar-refractivity contribution in [3.8, 4) is 28.6 Å². The van der Waals surface area contributed by atoms with Gasteiger partial charge in [0, 0.05) is 23.8 Å². The molecule has 110 valence electrons. The van der Waals surface area contributed by atoms with E-state index in [0.29, 0.717) is 11.8 Å². The van der Waals surface area contributed by atoms with Crippen LogP contribution < -0.4 is 5.43 Å². The van der Waals surface area contributed by atoms with Gasteiger partial charge in [-0.05, 0) is 12.1 Å². The number of fused-ring (bicyclic) bond motifs is 1. The summed E-state index contributed by atoms with van der Waals surface area (Å²) in [5.74, 6) is -0.733. The minimum atomic E-state index is -0.493. The lowest BCUT2D eigenvalue weighted by Crippen LogP contribution is -2.00. The summed E-state index contributed by atoms with van der Waals surface area (Å²) in [6.45, 7) is 0. The number of phenolic OH excluding ortho intramolecular Hbond substituents is 3. The third-order valence-electron chi connectivity index (χ3n) is 3.24. The number of carbonyl (C=O) groups excluding carboxylic acids is 1. The van der Waals surface area contributed by atoms with E-state index >= 15 is 0 Å². The van der Waals surface area contributed by atoms with Gasteiger partial charge in [-0.3, -0.25) is 9.59 Å². The molecule has 3 aromatic rings. The maximum Gasteiger partial charge on any atom is 0.197 e. The Hall–Kier alpha value is -3.28. The molecule has 2 aromatic carbocycles. The van der Waals surface area contributed by atoms with E-state index in [1.165, 1.54) is 24.3 Å². The van der Waals surface area contributed by atoms with Gasteiger partial charge in [0.05, 0.1) is 5.56 Å². The van der Waals surface area contributed by atoms with Crippen LogP contribution in [0.25, 0.3) is 22.3 Å². The quantitative estimate of drug-likeness (QED) is 0.627. The fraction of sp³-hybridized carbons (Fsp3) is 0. The van der Waals surface area contributed by atoms with E-state index in [0.717, 1.165) is 12.1 Å². The van der Waals surface area contributed by atoms with Gasteiger partial charge in [0.15, 0.2) is 11.7 Å². The van der Waals surface area contributed by atoms with Crippen molar-refractivity contribution < 1.29 is 24.5 Å². The third kappa shape index (κ3) is 2.16. The van der Waals surface area contributed by atoms with Gasteiger partial charge in [-0.15, -0.1) is 0 Å². The van der Waals surface area contributed by atoms with Gasteiger partial charge in [0.1, 0.15) is 34.0 Å². The second-order valence-electron chi connectivity index (χ2n) is 4.70. The van der Waals surface area contributed by atoms with Crippen molar-refractivity contribution in [2.24, 2.45) is 0 Å². The molecule has 0 aliphatic carbocycles. The number of benzene rings is 2. The van der Waals surface area contributed by atoms with Crippen LogP contribution in [-0.2, 0) is 0 Å². The summed E-state index contributed by atoms with van der Waals surface area (Å²) < 4.78 is 5.50. The van der Waals surface area contributed by atoms with Gasteiger partial charge in [0.25, 0.3) is 0 Å². The van der Waals surface area contributed by atoms with E-state index in [1.54, 1.807) is 0 Å². The first-order valence-electron chi connectivity index (χ1n) is 6.28. The predicted molar refractivity (Wildman–Crippen MR) is 78.3 cm³/mol. The molecular weight excluding hydrogens is 288 g/mol. The molecule has 0 atom stereocenters. The molecule has 3 N–H and O–H groups in total. The van der Waals surface area contributed by atoms with Crippen LogP contribution in [0.5, 0.6) is 17.2 Å². The fourth-order valence-corrected chi connectivity index (χ4v) is 2.19. The molecule has 0 unspecified atom stereocenters. The zero-order valence-corrected chi connectivity index (χ0v) is 11.1. The van der Waals surface area contributed by atoms with Gasteiger partial charge < -0.3 is 19.7 Å². The molecule has 1 heterocycles. The third-order valence-corrected chi connectivity index (χ3v) is 3.24. The van der Waals surface area contributed by atoms with Crippen molar-refractivity contribution in [2.75, 3.05) is 0 Å². The maximum atomic E-state index is 12.1. The zero-order chi connectivity index (χ0) is 15.9. The van der Waals surface area contributed by atoms with Crippen LogP contribution >= 0.6 is 0 Å². The average Bonchev–Trinajstić information content (AvgIpc) is 2.45. The highest BCUT2D eigenvalue weighted by molar-refractivity contribution is 5.86. The summed E-state index contributed by atoms with van der Waals surface area (Å²) in [5.41, 5.74) is 0.0127. The predicted octanol–water partition coefficient (Wildman–Crippen LogP) is 2.39. The first-order valence-corrected chi connectivity index (χ1v) is 6.28. The molecule has 0 fully saturated rings. The van der Waals surface area contributed by atoms with Crippen LogP contribution in [0.15, 0.2) is 45.6 Å². The summed E-state index contributed by atoms with van der Waals surface area (Å²) in [6.07, 6.45) is 0.506. The highest BCUT2D eigenvalue weighted by atomic mass is 16.3. The molecule has 0 saturated heterocycles. The average molecular weight is 298 g/mol. The Morgan fingerprint density at radius 1 is 0.955 bits per heavy atom. The first kappa shape index (κ1) is 13.7. The van der Waals surface area contributed by atoms with E-state index in [2.05, 4.69) is 0 Å². The second-order valence-corrected chi connectivity index (χ2v) is 4.70. The van der Waals surface area contributed by atoms with Gasteiger partial charge in [0.2, 0.25) is 0 Å². The number of phenols is 3. The van der Waals surface area contributed by atoms with Crippen LogP contribution in [0, 0.1) is 0 Å². The van der Waals surface area contributed by atoms with Gasteiger partial charge >= 0.3 is 0 Å². The molecule has 0 saturated carbocycles. The normalized spacial score (nSPS) is 10.7. The molecular formula is C16H10O6. The van der Waals surface area contributed by atoms with Crippen LogP contribution in [0.2, 0.25) is 0 Å². The summed E-state index contributed by atoms with van der Waals surface area (Å²) >= 11 is 0. The topological polar surface area (TPSA) is 108 Å². The van der Waals surface area contributed by atoms with E-state index in [4.69, 9.17) is 4.42 Å². The molecule has 0 bridgehead atoms. The molecule has 0 spiro atoms. The Balaban J connectivity index is 2.26. The summed E-state index contributed by atoms with van der Waals surface area (Å²) in [6, 6.07) is 7.60. The minimum absolute atomic E-state index is 0.0129. The number of carbonyl (C=O) groups is 1. The van der Waals surface area contributed by atoms with Crippen molar-refractivity contribution in [3.63, 3.8) is 0 Å². The number of hydrogen-bond acceptors (Lipinski definition) is 6. The highest BCUT2D eigenvalue weighted by Crippen LogP contribution is 2.31. The number of aldehydes is 1. The van der Waals surface area contributed by atoms with Crippen molar-refractivity contribution in [3.05, 3.63) is 52.2 Å². The monoisotopic (exact) mass is 298 g/mol. The molecule has 1 aromatic heterocycles. The molecule has 0 aliphatic heterocycles. The van der Waals surface area contributed by atoms with Crippen molar-refractivity contribution in [1.29, 1.82) is 0 Å². The van der Waals surface area contributed by atoms with Crippen molar-refractivity contribution in [1.82, 2.24) is 0 Å². The highest BCUT2D eigenvalue weighted by Gasteiger charge is 2.13. The van der Waals surface area contributed by atoms with E-state index < -0.39 is 5.43 Å². The number of aromatic hydroxyl groups is 3. The second kappa shape index (κ2) is 4.92. The Kier molecular flexibility index (Phi) is 3.06. The standard InChI is InChI=1S/C16H10O6/c17-7-9-2-1-8(3-11(9)19)14-6-13(21)16-12(20)4-10(18)5-15(16)22-14/h1-7,18-20H.